The Hall–Kier alpha value is -1.91. The molecule has 0 amide bonds. The first-order valence-electron chi connectivity index (χ1n) is 5.24. The van der Waals surface area contributed by atoms with Crippen molar-refractivity contribution in [3.8, 4) is 0 Å². The van der Waals surface area contributed by atoms with Crippen LogP contribution in [0.5, 0.6) is 0 Å². The average Bonchev–Trinajstić information content (AvgIpc) is 2.96. The SMILES string of the molecule is Cc1c(C2CC2)cnc2nc(C(=O)O)cn12. The number of carboxylic acids is 1. The van der Waals surface area contributed by atoms with E-state index in [1.165, 1.54) is 24.6 Å². The minimum Gasteiger partial charge on any atom is -0.476 e. The van der Waals surface area contributed by atoms with Gasteiger partial charge >= 0.3 is 5.97 Å². The number of imidazole rings is 1. The summed E-state index contributed by atoms with van der Waals surface area (Å²) in [6.07, 6.45) is 5.76. The lowest BCUT2D eigenvalue weighted by Gasteiger charge is -2.05. The number of hydrogen-bond donors (Lipinski definition) is 1. The molecule has 0 spiro atoms. The molecule has 1 N–H and O–H groups in total. The van der Waals surface area contributed by atoms with Crippen molar-refractivity contribution in [1.82, 2.24) is 14.4 Å². The van der Waals surface area contributed by atoms with Crippen molar-refractivity contribution in [2.24, 2.45) is 0 Å². The number of aromatic nitrogens is 3. The van der Waals surface area contributed by atoms with Gasteiger partial charge in [-0.2, -0.15) is 0 Å². The molecule has 1 saturated carbocycles. The van der Waals surface area contributed by atoms with Crippen molar-refractivity contribution in [2.75, 3.05) is 0 Å². The van der Waals surface area contributed by atoms with E-state index < -0.39 is 5.97 Å². The second kappa shape index (κ2) is 3.04. The first-order chi connectivity index (χ1) is 7.66. The molecule has 5 heteroatoms. The van der Waals surface area contributed by atoms with E-state index in [0.29, 0.717) is 11.7 Å². The molecule has 5 nitrogen and oxygen atoms in total. The summed E-state index contributed by atoms with van der Waals surface area (Å²) >= 11 is 0. The molecular weight excluding hydrogens is 206 g/mol. The molecule has 2 aromatic heterocycles. The highest BCUT2D eigenvalue weighted by Crippen LogP contribution is 2.41. The molecule has 16 heavy (non-hydrogen) atoms. The molecule has 1 fully saturated rings. The normalized spacial score (nSPS) is 15.6. The molecule has 1 aliphatic carbocycles. The van der Waals surface area contributed by atoms with Gasteiger partial charge < -0.3 is 5.11 Å². The summed E-state index contributed by atoms with van der Waals surface area (Å²) in [4.78, 5) is 19.0. The topological polar surface area (TPSA) is 67.5 Å². The number of carbonyl (C=O) groups is 1. The Morgan fingerprint density at radius 2 is 2.31 bits per heavy atom. The Labute approximate surface area is 91.8 Å². The predicted molar refractivity (Wildman–Crippen MR) is 56.7 cm³/mol. The first-order valence-corrected chi connectivity index (χ1v) is 5.24. The van der Waals surface area contributed by atoms with Crippen LogP contribution in [0.25, 0.3) is 5.78 Å². The molecule has 0 saturated heterocycles. The Morgan fingerprint density at radius 1 is 1.56 bits per heavy atom. The Bertz CT molecular complexity index is 584. The van der Waals surface area contributed by atoms with E-state index in [4.69, 9.17) is 5.11 Å². The first kappa shape index (κ1) is 9.33. The summed E-state index contributed by atoms with van der Waals surface area (Å²) in [5, 5.41) is 8.86. The second-order valence-electron chi connectivity index (χ2n) is 4.17. The van der Waals surface area contributed by atoms with E-state index in [1.54, 1.807) is 4.40 Å². The quantitative estimate of drug-likeness (QED) is 0.829. The molecular formula is C11H11N3O2. The van der Waals surface area contributed by atoms with Crippen LogP contribution in [0, 0.1) is 6.92 Å². The Balaban J connectivity index is 2.22. The van der Waals surface area contributed by atoms with Gasteiger partial charge in [0.25, 0.3) is 0 Å². The van der Waals surface area contributed by atoms with Gasteiger partial charge in [0.05, 0.1) is 0 Å². The zero-order valence-electron chi connectivity index (χ0n) is 8.84. The van der Waals surface area contributed by atoms with Gasteiger partial charge in [-0.3, -0.25) is 4.40 Å². The van der Waals surface area contributed by atoms with Crippen LogP contribution < -0.4 is 0 Å². The zero-order valence-corrected chi connectivity index (χ0v) is 8.84. The van der Waals surface area contributed by atoms with E-state index in [1.807, 2.05) is 13.1 Å². The third kappa shape index (κ3) is 1.28. The lowest BCUT2D eigenvalue weighted by molar-refractivity contribution is 0.0691. The van der Waals surface area contributed by atoms with E-state index in [-0.39, 0.29) is 5.69 Å². The molecule has 2 aromatic rings. The van der Waals surface area contributed by atoms with E-state index >= 15 is 0 Å². The summed E-state index contributed by atoms with van der Waals surface area (Å²) in [7, 11) is 0. The van der Waals surface area contributed by atoms with Gasteiger partial charge in [0.15, 0.2) is 5.69 Å². The smallest absolute Gasteiger partial charge is 0.356 e. The van der Waals surface area contributed by atoms with Gasteiger partial charge in [-0.25, -0.2) is 14.8 Å². The van der Waals surface area contributed by atoms with Crippen molar-refractivity contribution < 1.29 is 9.90 Å². The second-order valence-corrected chi connectivity index (χ2v) is 4.17. The maximum Gasteiger partial charge on any atom is 0.356 e. The van der Waals surface area contributed by atoms with Gasteiger partial charge in [-0.1, -0.05) is 0 Å². The third-order valence-electron chi connectivity index (χ3n) is 3.02. The fraction of sp³-hybridized carbons (Fsp3) is 0.364. The van der Waals surface area contributed by atoms with Gasteiger partial charge in [-0.05, 0) is 31.2 Å². The molecule has 82 valence electrons. The number of aromatic carboxylic acids is 1. The zero-order chi connectivity index (χ0) is 11.3. The largest absolute Gasteiger partial charge is 0.476 e. The van der Waals surface area contributed by atoms with Crippen LogP contribution >= 0.6 is 0 Å². The maximum atomic E-state index is 10.8. The molecule has 0 aromatic carbocycles. The van der Waals surface area contributed by atoms with E-state index in [0.717, 1.165) is 5.69 Å². The van der Waals surface area contributed by atoms with Crippen LogP contribution in [0.1, 0.15) is 40.5 Å². The van der Waals surface area contributed by atoms with Crippen molar-refractivity contribution in [2.45, 2.75) is 25.7 Å². The van der Waals surface area contributed by atoms with Gasteiger partial charge in [0.2, 0.25) is 5.78 Å². The molecule has 2 heterocycles. The van der Waals surface area contributed by atoms with Crippen LogP contribution in [0.4, 0.5) is 0 Å². The van der Waals surface area contributed by atoms with Gasteiger partial charge in [0.1, 0.15) is 0 Å². The highest BCUT2D eigenvalue weighted by molar-refractivity contribution is 5.85. The summed E-state index contributed by atoms with van der Waals surface area (Å²) < 4.78 is 1.76. The van der Waals surface area contributed by atoms with E-state index in [9.17, 15) is 4.79 Å². The van der Waals surface area contributed by atoms with Crippen LogP contribution in [-0.2, 0) is 0 Å². The predicted octanol–water partition coefficient (Wildman–Crippen LogP) is 1.61. The highest BCUT2D eigenvalue weighted by Gasteiger charge is 2.26. The minimum absolute atomic E-state index is 0.0450. The van der Waals surface area contributed by atoms with Crippen LogP contribution in [0.3, 0.4) is 0 Å². The summed E-state index contributed by atoms with van der Waals surface area (Å²) in [5.41, 5.74) is 2.30. The number of nitrogens with zero attached hydrogens (tertiary/aromatic N) is 3. The van der Waals surface area contributed by atoms with Crippen molar-refractivity contribution in [3.63, 3.8) is 0 Å². The molecule has 0 bridgehead atoms. The lowest BCUT2D eigenvalue weighted by Crippen LogP contribution is -1.98. The molecule has 0 unspecified atom stereocenters. The molecule has 1 aliphatic rings. The van der Waals surface area contributed by atoms with Gasteiger partial charge in [-0.15, -0.1) is 0 Å². The highest BCUT2D eigenvalue weighted by atomic mass is 16.4. The van der Waals surface area contributed by atoms with Crippen LogP contribution in [0.2, 0.25) is 0 Å². The molecule has 0 aliphatic heterocycles. The molecule has 0 atom stereocenters. The Kier molecular flexibility index (Phi) is 1.77. The summed E-state index contributed by atoms with van der Waals surface area (Å²) in [6.45, 7) is 1.98. The molecule has 0 radical (unpaired) electrons. The van der Waals surface area contributed by atoms with Crippen molar-refractivity contribution in [1.29, 1.82) is 0 Å². The Morgan fingerprint density at radius 3 is 2.94 bits per heavy atom. The standard InChI is InChI=1S/C11H11N3O2/c1-6-8(7-2-3-7)4-12-11-13-9(10(15)16)5-14(6)11/h4-5,7H,2-3H2,1H3,(H,15,16). The van der Waals surface area contributed by atoms with Crippen molar-refractivity contribution >= 4 is 11.7 Å². The summed E-state index contributed by atoms with van der Waals surface area (Å²) in [5.74, 6) is 0.0461. The fourth-order valence-electron chi connectivity index (χ4n) is 1.97. The summed E-state index contributed by atoms with van der Waals surface area (Å²) in [6, 6.07) is 0. The number of carboxylic acid groups (broad SMARTS) is 1. The number of fused-ring (bicyclic) bond motifs is 1. The average molecular weight is 217 g/mol. The fourth-order valence-corrected chi connectivity index (χ4v) is 1.97. The van der Waals surface area contributed by atoms with Crippen molar-refractivity contribution in [3.05, 3.63) is 29.3 Å². The molecule has 3 rings (SSSR count). The van der Waals surface area contributed by atoms with Crippen LogP contribution in [-0.4, -0.2) is 25.4 Å². The number of rotatable bonds is 2. The van der Waals surface area contributed by atoms with E-state index in [2.05, 4.69) is 9.97 Å². The van der Waals surface area contributed by atoms with Gasteiger partial charge in [0, 0.05) is 18.1 Å². The monoisotopic (exact) mass is 217 g/mol. The minimum atomic E-state index is -1.02. The number of hydrogen-bond acceptors (Lipinski definition) is 3. The maximum absolute atomic E-state index is 10.8. The van der Waals surface area contributed by atoms with Crippen LogP contribution in [0.15, 0.2) is 12.4 Å². The lowest BCUT2D eigenvalue weighted by atomic mass is 10.1. The third-order valence-corrected chi connectivity index (χ3v) is 3.02. The number of aryl methyl sites for hydroxylation is 1.